The first kappa shape index (κ1) is 13.0. The van der Waals surface area contributed by atoms with Crippen molar-refractivity contribution in [3.63, 3.8) is 0 Å². The summed E-state index contributed by atoms with van der Waals surface area (Å²) in [5.41, 5.74) is 8.54. The zero-order valence-corrected chi connectivity index (χ0v) is 12.4. The van der Waals surface area contributed by atoms with Crippen LogP contribution >= 0.6 is 0 Å². The fourth-order valence-electron chi connectivity index (χ4n) is 2.98. The van der Waals surface area contributed by atoms with Crippen LogP contribution < -0.4 is 10.5 Å². The maximum atomic E-state index is 6.21. The molecular weight excluding hydrogens is 260 g/mol. The second-order valence-corrected chi connectivity index (χ2v) is 6.81. The molecule has 2 aliphatic carbocycles. The molecule has 0 spiro atoms. The highest BCUT2D eigenvalue weighted by Gasteiger charge is 2.33. The van der Waals surface area contributed by atoms with Gasteiger partial charge in [-0.15, -0.1) is 0 Å². The Kier molecular flexibility index (Phi) is 2.86. The van der Waals surface area contributed by atoms with Crippen molar-refractivity contribution in [1.82, 2.24) is 4.98 Å². The molecule has 3 N–H and O–H groups in total. The summed E-state index contributed by atoms with van der Waals surface area (Å²) in [6.45, 7) is 2.95. The lowest BCUT2D eigenvalue weighted by molar-refractivity contribution is 0.300. The minimum atomic E-state index is -0.156. The molecule has 0 aliphatic heterocycles. The first-order valence-corrected chi connectivity index (χ1v) is 7.83. The molecule has 2 aromatic rings. The smallest absolute Gasteiger partial charge is 0.121 e. The fraction of sp³-hybridized carbons (Fsp3) is 0.444. The highest BCUT2D eigenvalue weighted by Crippen LogP contribution is 2.34. The molecule has 3 heteroatoms. The van der Waals surface area contributed by atoms with Crippen LogP contribution in [0.1, 0.15) is 25.3 Å². The molecule has 0 radical (unpaired) electrons. The van der Waals surface area contributed by atoms with Gasteiger partial charge < -0.3 is 15.5 Å². The zero-order valence-electron chi connectivity index (χ0n) is 12.4. The van der Waals surface area contributed by atoms with Crippen LogP contribution in [0.3, 0.4) is 0 Å². The monoisotopic (exact) mass is 282 g/mol. The topological polar surface area (TPSA) is 51.0 Å². The van der Waals surface area contributed by atoms with Crippen LogP contribution in [-0.2, 0) is 6.42 Å². The number of hydrogen-bond acceptors (Lipinski definition) is 2. The molecule has 110 valence electrons. The second-order valence-electron chi connectivity index (χ2n) is 6.81. The van der Waals surface area contributed by atoms with Crippen LogP contribution in [0.2, 0.25) is 0 Å². The summed E-state index contributed by atoms with van der Waals surface area (Å²) in [6, 6.07) is 6.36. The van der Waals surface area contributed by atoms with Crippen LogP contribution in [-0.4, -0.2) is 17.1 Å². The quantitative estimate of drug-likeness (QED) is 0.826. The highest BCUT2D eigenvalue weighted by atomic mass is 16.5. The minimum absolute atomic E-state index is 0.156. The predicted octanol–water partition coefficient (Wildman–Crippen LogP) is 3.40. The number of nitrogens with one attached hydrogen (secondary N) is 1. The number of aromatic amines is 1. The van der Waals surface area contributed by atoms with Gasteiger partial charge >= 0.3 is 0 Å². The first-order valence-electron chi connectivity index (χ1n) is 7.83. The summed E-state index contributed by atoms with van der Waals surface area (Å²) in [7, 11) is 0. The van der Waals surface area contributed by atoms with Crippen molar-refractivity contribution in [2.24, 2.45) is 17.6 Å². The molecule has 1 heterocycles. The molecule has 1 saturated carbocycles. The van der Waals surface area contributed by atoms with Gasteiger partial charge in [-0.25, -0.2) is 0 Å². The molecule has 1 aromatic carbocycles. The molecule has 2 atom stereocenters. The summed E-state index contributed by atoms with van der Waals surface area (Å²) in [5, 5.41) is 1.28. The van der Waals surface area contributed by atoms with Crippen molar-refractivity contribution in [2.75, 3.05) is 6.61 Å². The lowest BCUT2D eigenvalue weighted by Gasteiger charge is -2.37. The third-order valence-electron chi connectivity index (χ3n) is 4.85. The minimum Gasteiger partial charge on any atom is -0.493 e. The average molecular weight is 282 g/mol. The van der Waals surface area contributed by atoms with E-state index in [-0.39, 0.29) is 5.54 Å². The van der Waals surface area contributed by atoms with Crippen molar-refractivity contribution in [2.45, 2.75) is 31.7 Å². The second kappa shape index (κ2) is 4.63. The number of rotatable bonds is 5. The molecule has 1 unspecified atom stereocenters. The first-order chi connectivity index (χ1) is 10.1. The maximum Gasteiger partial charge on any atom is 0.121 e. The molecule has 1 fully saturated rings. The zero-order chi connectivity index (χ0) is 14.4. The fourth-order valence-corrected chi connectivity index (χ4v) is 2.98. The van der Waals surface area contributed by atoms with Crippen molar-refractivity contribution < 1.29 is 4.74 Å². The van der Waals surface area contributed by atoms with Crippen LogP contribution in [0.5, 0.6) is 5.75 Å². The lowest BCUT2D eigenvalue weighted by Crippen LogP contribution is -2.48. The molecule has 1 aromatic heterocycles. The van der Waals surface area contributed by atoms with E-state index in [4.69, 9.17) is 10.5 Å². The van der Waals surface area contributed by atoms with Gasteiger partial charge in [0, 0.05) is 34.6 Å². The van der Waals surface area contributed by atoms with Gasteiger partial charge in [-0.2, -0.15) is 0 Å². The Morgan fingerprint density at radius 1 is 1.38 bits per heavy atom. The van der Waals surface area contributed by atoms with Crippen molar-refractivity contribution in [3.05, 3.63) is 42.1 Å². The molecular formula is C18H22N2O. The molecule has 3 nitrogen and oxygen atoms in total. The molecule has 4 rings (SSSR count). The van der Waals surface area contributed by atoms with E-state index in [9.17, 15) is 0 Å². The van der Waals surface area contributed by atoms with E-state index < -0.39 is 0 Å². The van der Waals surface area contributed by atoms with Gasteiger partial charge in [-0.3, -0.25) is 0 Å². The SMILES string of the molecule is C[C@@]1(N)C=CC1Cc1c[nH]c2cc(OCC3CC3)ccc12. The van der Waals surface area contributed by atoms with Crippen LogP contribution in [0.15, 0.2) is 36.5 Å². The third kappa shape index (κ3) is 2.46. The average Bonchev–Trinajstić information content (AvgIpc) is 3.21. The third-order valence-corrected chi connectivity index (χ3v) is 4.85. The van der Waals surface area contributed by atoms with E-state index in [1.54, 1.807) is 0 Å². The lowest BCUT2D eigenvalue weighted by atomic mass is 9.73. The van der Waals surface area contributed by atoms with E-state index in [1.165, 1.54) is 23.8 Å². The predicted molar refractivity (Wildman–Crippen MR) is 85.4 cm³/mol. The van der Waals surface area contributed by atoms with E-state index in [2.05, 4.69) is 48.5 Å². The summed E-state index contributed by atoms with van der Waals surface area (Å²) < 4.78 is 5.84. The van der Waals surface area contributed by atoms with Crippen molar-refractivity contribution in [1.29, 1.82) is 0 Å². The normalized spacial score (nSPS) is 27.8. The van der Waals surface area contributed by atoms with Gasteiger partial charge in [0.15, 0.2) is 0 Å². The molecule has 0 amide bonds. The Bertz CT molecular complexity index is 694. The standard InChI is InChI=1S/C18H22N2O/c1-18(19)7-6-14(18)8-13-10-20-17-9-15(4-5-16(13)17)21-11-12-2-3-12/h4-7,9-10,12,14,20H,2-3,8,11,19H2,1H3/t14?,18-/m1/s1. The Balaban J connectivity index is 1.52. The van der Waals surface area contributed by atoms with Crippen LogP contribution in [0, 0.1) is 11.8 Å². The summed E-state index contributed by atoms with van der Waals surface area (Å²) in [6.07, 6.45) is 10.1. The van der Waals surface area contributed by atoms with Crippen molar-refractivity contribution in [3.8, 4) is 5.75 Å². The van der Waals surface area contributed by atoms with E-state index in [0.717, 1.165) is 30.2 Å². The Morgan fingerprint density at radius 2 is 2.24 bits per heavy atom. The van der Waals surface area contributed by atoms with E-state index >= 15 is 0 Å². The molecule has 0 bridgehead atoms. The van der Waals surface area contributed by atoms with Gasteiger partial charge in [0.05, 0.1) is 6.61 Å². The number of benzene rings is 1. The van der Waals surface area contributed by atoms with Gasteiger partial charge in [-0.05, 0) is 49.8 Å². The van der Waals surface area contributed by atoms with Gasteiger partial charge in [0.25, 0.3) is 0 Å². The van der Waals surface area contributed by atoms with Gasteiger partial charge in [0.2, 0.25) is 0 Å². The van der Waals surface area contributed by atoms with Crippen LogP contribution in [0.25, 0.3) is 10.9 Å². The number of ether oxygens (including phenoxy) is 1. The van der Waals surface area contributed by atoms with Crippen molar-refractivity contribution >= 4 is 10.9 Å². The van der Waals surface area contributed by atoms with E-state index in [0.29, 0.717) is 5.92 Å². The Morgan fingerprint density at radius 3 is 2.90 bits per heavy atom. The summed E-state index contributed by atoms with van der Waals surface area (Å²) >= 11 is 0. The van der Waals surface area contributed by atoms with Crippen LogP contribution in [0.4, 0.5) is 0 Å². The Labute approximate surface area is 125 Å². The summed E-state index contributed by atoms with van der Waals surface area (Å²) in [5.74, 6) is 2.19. The van der Waals surface area contributed by atoms with Gasteiger partial charge in [-0.1, -0.05) is 12.2 Å². The molecule has 0 saturated heterocycles. The van der Waals surface area contributed by atoms with Gasteiger partial charge in [0.1, 0.15) is 5.75 Å². The largest absolute Gasteiger partial charge is 0.493 e. The molecule has 21 heavy (non-hydrogen) atoms. The summed E-state index contributed by atoms with van der Waals surface area (Å²) in [4.78, 5) is 3.37. The number of aromatic nitrogens is 1. The number of H-pyrrole nitrogens is 1. The Hall–Kier alpha value is -1.74. The van der Waals surface area contributed by atoms with E-state index in [1.807, 2.05) is 0 Å². The number of nitrogens with two attached hydrogens (primary N) is 1. The number of hydrogen-bond donors (Lipinski definition) is 2. The highest BCUT2D eigenvalue weighted by molar-refractivity contribution is 5.84. The number of fused-ring (bicyclic) bond motifs is 1. The molecule has 2 aliphatic rings. The maximum absolute atomic E-state index is 6.21.